The van der Waals surface area contributed by atoms with Gasteiger partial charge in [0.2, 0.25) is 11.8 Å². The maximum absolute atomic E-state index is 12.6. The lowest BCUT2D eigenvalue weighted by molar-refractivity contribution is -0.123. The number of carbonyl (C=O) groups excluding carboxylic acids is 2. The van der Waals surface area contributed by atoms with E-state index in [9.17, 15) is 9.59 Å². The highest BCUT2D eigenvalue weighted by atomic mass is 35.5. The van der Waals surface area contributed by atoms with Crippen LogP contribution in [0, 0.1) is 5.92 Å². The molecule has 2 aromatic carbocycles. The van der Waals surface area contributed by atoms with Gasteiger partial charge in [-0.25, -0.2) is 0 Å². The molecule has 0 aliphatic carbocycles. The second-order valence-electron chi connectivity index (χ2n) is 7.16. The number of benzene rings is 2. The van der Waals surface area contributed by atoms with Crippen molar-refractivity contribution in [2.75, 3.05) is 44.5 Å². The monoisotopic (exact) mass is 431 g/mol. The number of likely N-dealkylation sites (tertiary alicyclic amines) is 1. The zero-order valence-corrected chi connectivity index (χ0v) is 17.9. The topological polar surface area (TPSA) is 79.9 Å². The van der Waals surface area contributed by atoms with Gasteiger partial charge in [0.1, 0.15) is 11.5 Å². The maximum atomic E-state index is 12.6. The number of carbonyl (C=O) groups is 2. The minimum atomic E-state index is -0.196. The van der Waals surface area contributed by atoms with Gasteiger partial charge in [0.05, 0.1) is 37.4 Å². The van der Waals surface area contributed by atoms with Gasteiger partial charge >= 0.3 is 0 Å². The van der Waals surface area contributed by atoms with E-state index in [1.54, 1.807) is 12.1 Å². The minimum Gasteiger partial charge on any atom is -0.495 e. The molecular weight excluding hydrogens is 406 g/mol. The Kier molecular flexibility index (Phi) is 7.54. The molecule has 2 aromatic rings. The van der Waals surface area contributed by atoms with E-state index in [0.717, 1.165) is 25.1 Å². The van der Waals surface area contributed by atoms with Crippen LogP contribution >= 0.6 is 11.6 Å². The number of ether oxygens (including phenoxy) is 2. The number of halogens is 1. The van der Waals surface area contributed by atoms with E-state index in [0.29, 0.717) is 28.8 Å². The van der Waals surface area contributed by atoms with E-state index in [4.69, 9.17) is 21.1 Å². The van der Waals surface area contributed by atoms with E-state index < -0.39 is 0 Å². The number of piperidine rings is 1. The van der Waals surface area contributed by atoms with Crippen molar-refractivity contribution in [3.8, 4) is 11.5 Å². The van der Waals surface area contributed by atoms with Crippen molar-refractivity contribution in [3.05, 3.63) is 47.5 Å². The summed E-state index contributed by atoms with van der Waals surface area (Å²) in [6.45, 7) is 1.48. The number of hydrogen-bond acceptors (Lipinski definition) is 5. The summed E-state index contributed by atoms with van der Waals surface area (Å²) in [6.07, 6.45) is 1.66. The normalized spacial score (nSPS) is 16.6. The summed E-state index contributed by atoms with van der Waals surface area (Å²) in [6, 6.07) is 12.6. The third-order valence-electron chi connectivity index (χ3n) is 5.03. The summed E-state index contributed by atoms with van der Waals surface area (Å²) in [5.74, 6) is 0.559. The average molecular weight is 432 g/mol. The molecular formula is C22H26ClN3O4. The lowest BCUT2D eigenvalue weighted by atomic mass is 9.97. The Balaban J connectivity index is 1.58. The molecule has 0 radical (unpaired) electrons. The predicted octanol–water partition coefficient (Wildman–Crippen LogP) is 3.65. The van der Waals surface area contributed by atoms with Gasteiger partial charge in [-0.3, -0.25) is 14.5 Å². The van der Waals surface area contributed by atoms with Gasteiger partial charge in [0.15, 0.2) is 0 Å². The van der Waals surface area contributed by atoms with Crippen LogP contribution in [0.4, 0.5) is 11.4 Å². The van der Waals surface area contributed by atoms with Gasteiger partial charge in [0.25, 0.3) is 0 Å². The summed E-state index contributed by atoms with van der Waals surface area (Å²) >= 11 is 6.17. The summed E-state index contributed by atoms with van der Waals surface area (Å²) < 4.78 is 10.5. The number of methoxy groups -OCH3 is 2. The number of para-hydroxylation sites is 1. The SMILES string of the molecule is COc1cc(OC)c(NC(=O)CN2CCC[C@H](C(=O)Nc3ccccc3)C2)cc1Cl. The fraction of sp³-hybridized carbons (Fsp3) is 0.364. The fourth-order valence-corrected chi connectivity index (χ4v) is 3.77. The number of rotatable bonds is 7. The molecule has 0 spiro atoms. The van der Waals surface area contributed by atoms with E-state index >= 15 is 0 Å². The number of anilines is 2. The van der Waals surface area contributed by atoms with E-state index in [1.165, 1.54) is 14.2 Å². The first kappa shape index (κ1) is 21.9. The Hall–Kier alpha value is -2.77. The highest BCUT2D eigenvalue weighted by molar-refractivity contribution is 6.32. The van der Waals surface area contributed by atoms with Crippen LogP contribution < -0.4 is 20.1 Å². The second kappa shape index (κ2) is 10.3. The molecule has 3 rings (SSSR count). The van der Waals surface area contributed by atoms with E-state index in [-0.39, 0.29) is 24.3 Å². The van der Waals surface area contributed by atoms with Gasteiger partial charge in [-0.1, -0.05) is 29.8 Å². The molecule has 30 heavy (non-hydrogen) atoms. The maximum Gasteiger partial charge on any atom is 0.238 e. The first-order valence-corrected chi connectivity index (χ1v) is 10.2. The smallest absolute Gasteiger partial charge is 0.238 e. The zero-order chi connectivity index (χ0) is 21.5. The number of amides is 2. The van der Waals surface area contributed by atoms with Gasteiger partial charge in [0, 0.05) is 18.3 Å². The lowest BCUT2D eigenvalue weighted by Gasteiger charge is -2.31. The third-order valence-corrected chi connectivity index (χ3v) is 5.33. The minimum absolute atomic E-state index is 0.0186. The standard InChI is InChI=1S/C22H26ClN3O4/c1-29-19-12-20(30-2)18(11-17(19)23)25-21(27)14-26-10-6-7-15(13-26)22(28)24-16-8-4-3-5-9-16/h3-5,8-9,11-12,15H,6-7,10,13-14H2,1-2H3,(H,24,28)(H,25,27)/t15-/m0/s1. The molecule has 1 fully saturated rings. The van der Waals surface area contributed by atoms with Crippen molar-refractivity contribution < 1.29 is 19.1 Å². The molecule has 2 amide bonds. The number of nitrogens with one attached hydrogen (secondary N) is 2. The fourth-order valence-electron chi connectivity index (χ4n) is 3.53. The van der Waals surface area contributed by atoms with Crippen molar-refractivity contribution in [2.45, 2.75) is 12.8 Å². The molecule has 2 N–H and O–H groups in total. The molecule has 160 valence electrons. The van der Waals surface area contributed by atoms with Crippen LogP contribution in [0.5, 0.6) is 11.5 Å². The quantitative estimate of drug-likeness (QED) is 0.699. The van der Waals surface area contributed by atoms with E-state index in [1.807, 2.05) is 35.2 Å². The Bertz CT molecular complexity index is 891. The lowest BCUT2D eigenvalue weighted by Crippen LogP contribution is -2.44. The summed E-state index contributed by atoms with van der Waals surface area (Å²) in [5.41, 5.74) is 1.25. The Labute approximate surface area is 181 Å². The largest absolute Gasteiger partial charge is 0.495 e. The predicted molar refractivity (Wildman–Crippen MR) is 117 cm³/mol. The Morgan fingerprint density at radius 3 is 2.53 bits per heavy atom. The van der Waals surface area contributed by atoms with Gasteiger partial charge in [-0.05, 0) is 37.6 Å². The van der Waals surface area contributed by atoms with Gasteiger partial charge in [-0.2, -0.15) is 0 Å². The van der Waals surface area contributed by atoms with Crippen LogP contribution in [0.1, 0.15) is 12.8 Å². The van der Waals surface area contributed by atoms with Gasteiger partial charge in [-0.15, -0.1) is 0 Å². The first-order chi connectivity index (χ1) is 14.5. The molecule has 1 saturated heterocycles. The van der Waals surface area contributed by atoms with Crippen molar-refractivity contribution in [3.63, 3.8) is 0 Å². The van der Waals surface area contributed by atoms with Crippen LogP contribution in [0.3, 0.4) is 0 Å². The van der Waals surface area contributed by atoms with Gasteiger partial charge < -0.3 is 20.1 Å². The molecule has 1 atom stereocenters. The first-order valence-electron chi connectivity index (χ1n) is 9.79. The van der Waals surface area contributed by atoms with Crippen molar-refractivity contribution in [1.82, 2.24) is 4.90 Å². The molecule has 0 aromatic heterocycles. The zero-order valence-electron chi connectivity index (χ0n) is 17.1. The Morgan fingerprint density at radius 2 is 1.83 bits per heavy atom. The Morgan fingerprint density at radius 1 is 1.10 bits per heavy atom. The van der Waals surface area contributed by atoms with Crippen molar-refractivity contribution in [1.29, 1.82) is 0 Å². The molecule has 0 bridgehead atoms. The van der Waals surface area contributed by atoms with Crippen LogP contribution in [0.15, 0.2) is 42.5 Å². The second-order valence-corrected chi connectivity index (χ2v) is 7.57. The number of nitrogens with zero attached hydrogens (tertiary/aromatic N) is 1. The van der Waals surface area contributed by atoms with Crippen molar-refractivity contribution in [2.24, 2.45) is 5.92 Å². The summed E-state index contributed by atoms with van der Waals surface area (Å²) in [4.78, 5) is 27.2. The molecule has 1 aliphatic heterocycles. The summed E-state index contributed by atoms with van der Waals surface area (Å²) in [5, 5.41) is 6.17. The highest BCUT2D eigenvalue weighted by Gasteiger charge is 2.27. The van der Waals surface area contributed by atoms with Crippen LogP contribution in [0.2, 0.25) is 5.02 Å². The molecule has 1 aliphatic rings. The molecule has 1 heterocycles. The van der Waals surface area contributed by atoms with Crippen molar-refractivity contribution >= 4 is 34.8 Å². The van der Waals surface area contributed by atoms with E-state index in [2.05, 4.69) is 10.6 Å². The number of hydrogen-bond donors (Lipinski definition) is 2. The van der Waals surface area contributed by atoms with Crippen LogP contribution in [-0.2, 0) is 9.59 Å². The van der Waals surface area contributed by atoms with Crippen LogP contribution in [-0.4, -0.2) is 50.6 Å². The molecule has 7 nitrogen and oxygen atoms in total. The molecule has 8 heteroatoms. The van der Waals surface area contributed by atoms with Crippen LogP contribution in [0.25, 0.3) is 0 Å². The average Bonchev–Trinajstić information content (AvgIpc) is 2.75. The molecule has 0 saturated carbocycles. The summed E-state index contributed by atoms with van der Waals surface area (Å²) in [7, 11) is 3.03. The highest BCUT2D eigenvalue weighted by Crippen LogP contribution is 2.35. The molecule has 0 unspecified atom stereocenters. The third kappa shape index (κ3) is 5.64.